The van der Waals surface area contributed by atoms with E-state index in [0.29, 0.717) is 6.61 Å². The topological polar surface area (TPSA) is 29.5 Å². The maximum atomic E-state index is 10.2. The molecular weight excluding hydrogens is 188 g/mol. The Morgan fingerprint density at radius 1 is 1.33 bits per heavy atom. The number of hydrogen-bond donors (Lipinski definition) is 1. The second-order valence-electron chi connectivity index (χ2n) is 3.98. The summed E-state index contributed by atoms with van der Waals surface area (Å²) in [6.07, 6.45) is 1.73. The van der Waals surface area contributed by atoms with E-state index in [4.69, 9.17) is 4.74 Å². The molecule has 0 fully saturated rings. The minimum absolute atomic E-state index is 0.652. The van der Waals surface area contributed by atoms with Crippen molar-refractivity contribution in [1.29, 1.82) is 0 Å². The summed E-state index contributed by atoms with van der Waals surface area (Å²) in [6.45, 7) is 6.53. The zero-order valence-electron chi connectivity index (χ0n) is 9.79. The van der Waals surface area contributed by atoms with E-state index in [1.807, 2.05) is 38.1 Å². The Balaban J connectivity index is 2.88. The molecule has 2 heteroatoms. The van der Waals surface area contributed by atoms with Gasteiger partial charge in [-0.1, -0.05) is 25.5 Å². The van der Waals surface area contributed by atoms with Gasteiger partial charge in [-0.3, -0.25) is 0 Å². The molecule has 15 heavy (non-hydrogen) atoms. The van der Waals surface area contributed by atoms with Gasteiger partial charge in [0, 0.05) is 0 Å². The van der Waals surface area contributed by atoms with Gasteiger partial charge in [0.1, 0.15) is 5.75 Å². The van der Waals surface area contributed by atoms with Crippen molar-refractivity contribution in [1.82, 2.24) is 0 Å². The highest BCUT2D eigenvalue weighted by Crippen LogP contribution is 2.28. The smallest absolute Gasteiger partial charge is 0.119 e. The summed E-state index contributed by atoms with van der Waals surface area (Å²) in [5.41, 5.74) is 0.178. The van der Waals surface area contributed by atoms with Gasteiger partial charge < -0.3 is 9.84 Å². The minimum Gasteiger partial charge on any atom is -0.494 e. The van der Waals surface area contributed by atoms with Crippen molar-refractivity contribution in [2.45, 2.75) is 39.2 Å². The Kier molecular flexibility index (Phi) is 4.15. The third-order valence-electron chi connectivity index (χ3n) is 2.50. The van der Waals surface area contributed by atoms with Crippen LogP contribution in [-0.4, -0.2) is 11.7 Å². The van der Waals surface area contributed by atoms with Gasteiger partial charge in [0.05, 0.1) is 12.2 Å². The van der Waals surface area contributed by atoms with Crippen LogP contribution in [0.4, 0.5) is 0 Å². The van der Waals surface area contributed by atoms with Crippen LogP contribution in [0.3, 0.4) is 0 Å². The molecule has 84 valence electrons. The molecule has 0 saturated carbocycles. The first-order valence-electron chi connectivity index (χ1n) is 5.56. The molecular formula is C13H20O2. The van der Waals surface area contributed by atoms with E-state index in [2.05, 4.69) is 6.92 Å². The van der Waals surface area contributed by atoms with Gasteiger partial charge in [-0.2, -0.15) is 0 Å². The summed E-state index contributed by atoms with van der Waals surface area (Å²) in [7, 11) is 0. The van der Waals surface area contributed by atoms with Crippen molar-refractivity contribution >= 4 is 0 Å². The quantitative estimate of drug-likeness (QED) is 0.805. The average molecular weight is 208 g/mol. The molecule has 0 bridgehead atoms. The van der Waals surface area contributed by atoms with Crippen molar-refractivity contribution in [3.8, 4) is 5.75 Å². The van der Waals surface area contributed by atoms with E-state index >= 15 is 0 Å². The predicted molar refractivity (Wildman–Crippen MR) is 62.1 cm³/mol. The third kappa shape index (κ3) is 3.24. The second-order valence-corrected chi connectivity index (χ2v) is 3.98. The minimum atomic E-state index is -0.748. The lowest BCUT2D eigenvalue weighted by molar-refractivity contribution is 0.0467. The molecule has 1 N–H and O–H groups in total. The molecule has 0 unspecified atom stereocenters. The fraction of sp³-hybridized carbons (Fsp3) is 0.538. The van der Waals surface area contributed by atoms with Crippen LogP contribution in [0.5, 0.6) is 5.75 Å². The Morgan fingerprint density at radius 3 is 2.67 bits per heavy atom. The van der Waals surface area contributed by atoms with Crippen LogP contribution in [0.1, 0.15) is 39.2 Å². The van der Waals surface area contributed by atoms with Crippen LogP contribution in [-0.2, 0) is 5.60 Å². The highest BCUT2D eigenvalue weighted by Gasteiger charge is 2.21. The summed E-state index contributed by atoms with van der Waals surface area (Å²) in [5, 5.41) is 10.2. The van der Waals surface area contributed by atoms with Crippen LogP contribution in [0.2, 0.25) is 0 Å². The van der Waals surface area contributed by atoms with Crippen LogP contribution in [0.25, 0.3) is 0 Å². The fourth-order valence-corrected chi connectivity index (χ4v) is 1.72. The molecule has 0 heterocycles. The molecule has 0 spiro atoms. The van der Waals surface area contributed by atoms with Crippen molar-refractivity contribution in [3.63, 3.8) is 0 Å². The van der Waals surface area contributed by atoms with Crippen LogP contribution in [0.15, 0.2) is 24.3 Å². The predicted octanol–water partition coefficient (Wildman–Crippen LogP) is 3.09. The second kappa shape index (κ2) is 5.17. The molecule has 1 aromatic carbocycles. The molecule has 0 aliphatic heterocycles. The van der Waals surface area contributed by atoms with Gasteiger partial charge >= 0.3 is 0 Å². The number of ether oxygens (including phenoxy) is 1. The molecule has 0 radical (unpaired) electrons. The molecule has 1 aromatic rings. The highest BCUT2D eigenvalue weighted by atomic mass is 16.5. The summed E-state index contributed by atoms with van der Waals surface area (Å²) in [4.78, 5) is 0. The summed E-state index contributed by atoms with van der Waals surface area (Å²) < 4.78 is 5.41. The standard InChI is InChI=1S/C13H20O2/c1-4-9-13(3,14)11-7-6-8-12(10-11)15-5-2/h6-8,10,14H,4-5,9H2,1-3H3/t13-/m1/s1. The van der Waals surface area contributed by atoms with Gasteiger partial charge in [-0.15, -0.1) is 0 Å². The van der Waals surface area contributed by atoms with E-state index in [-0.39, 0.29) is 0 Å². The zero-order chi connectivity index (χ0) is 11.3. The lowest BCUT2D eigenvalue weighted by Gasteiger charge is -2.23. The fourth-order valence-electron chi connectivity index (χ4n) is 1.72. The van der Waals surface area contributed by atoms with Gasteiger partial charge in [0.15, 0.2) is 0 Å². The monoisotopic (exact) mass is 208 g/mol. The Labute approximate surface area is 91.9 Å². The number of aliphatic hydroxyl groups is 1. The van der Waals surface area contributed by atoms with E-state index in [9.17, 15) is 5.11 Å². The average Bonchev–Trinajstić information content (AvgIpc) is 2.19. The van der Waals surface area contributed by atoms with E-state index < -0.39 is 5.60 Å². The van der Waals surface area contributed by atoms with Crippen LogP contribution >= 0.6 is 0 Å². The number of hydrogen-bond acceptors (Lipinski definition) is 2. The normalized spacial score (nSPS) is 14.7. The van der Waals surface area contributed by atoms with Crippen molar-refractivity contribution < 1.29 is 9.84 Å². The van der Waals surface area contributed by atoms with Gasteiger partial charge in [0.25, 0.3) is 0 Å². The molecule has 0 saturated heterocycles. The first-order chi connectivity index (χ1) is 7.10. The Hall–Kier alpha value is -1.02. The lowest BCUT2D eigenvalue weighted by Crippen LogP contribution is -2.20. The van der Waals surface area contributed by atoms with Gasteiger partial charge in [0.2, 0.25) is 0 Å². The SMILES string of the molecule is CCC[C@@](C)(O)c1cccc(OCC)c1. The maximum absolute atomic E-state index is 10.2. The molecule has 0 amide bonds. The highest BCUT2D eigenvalue weighted by molar-refractivity contribution is 5.31. The molecule has 0 aliphatic carbocycles. The molecule has 1 atom stereocenters. The lowest BCUT2D eigenvalue weighted by atomic mass is 9.91. The van der Waals surface area contributed by atoms with E-state index in [1.54, 1.807) is 0 Å². The largest absolute Gasteiger partial charge is 0.494 e. The maximum Gasteiger partial charge on any atom is 0.119 e. The Bertz CT molecular complexity index is 305. The molecule has 1 rings (SSSR count). The van der Waals surface area contributed by atoms with E-state index in [0.717, 1.165) is 24.2 Å². The van der Waals surface area contributed by atoms with Gasteiger partial charge in [-0.25, -0.2) is 0 Å². The van der Waals surface area contributed by atoms with Crippen LogP contribution < -0.4 is 4.74 Å². The molecule has 2 nitrogen and oxygen atoms in total. The Morgan fingerprint density at radius 2 is 2.07 bits per heavy atom. The molecule has 0 aliphatic rings. The zero-order valence-corrected chi connectivity index (χ0v) is 9.79. The van der Waals surface area contributed by atoms with E-state index in [1.165, 1.54) is 0 Å². The first kappa shape index (κ1) is 12.1. The number of benzene rings is 1. The van der Waals surface area contributed by atoms with Gasteiger partial charge in [-0.05, 0) is 38.0 Å². The third-order valence-corrected chi connectivity index (χ3v) is 2.50. The summed E-state index contributed by atoms with van der Waals surface area (Å²) in [5.74, 6) is 0.825. The van der Waals surface area contributed by atoms with Crippen molar-refractivity contribution in [2.75, 3.05) is 6.61 Å². The first-order valence-corrected chi connectivity index (χ1v) is 5.56. The number of rotatable bonds is 5. The van der Waals surface area contributed by atoms with Crippen molar-refractivity contribution in [2.24, 2.45) is 0 Å². The van der Waals surface area contributed by atoms with Crippen LogP contribution in [0, 0.1) is 0 Å². The summed E-state index contributed by atoms with van der Waals surface area (Å²) in [6, 6.07) is 7.69. The molecule has 0 aromatic heterocycles. The summed E-state index contributed by atoms with van der Waals surface area (Å²) >= 11 is 0. The van der Waals surface area contributed by atoms with Crippen molar-refractivity contribution in [3.05, 3.63) is 29.8 Å².